The average Bonchev–Trinajstić information content (AvgIpc) is 2.72. The number of methoxy groups -OCH3 is 2. The predicted octanol–water partition coefficient (Wildman–Crippen LogP) is 3.34. The molecule has 27 heavy (non-hydrogen) atoms. The molecule has 2 aromatic rings. The number of esters is 1. The molecule has 0 aromatic heterocycles. The summed E-state index contributed by atoms with van der Waals surface area (Å²) in [6.07, 6.45) is 4.17. The van der Waals surface area contributed by atoms with E-state index in [9.17, 15) is 9.59 Å². The van der Waals surface area contributed by atoms with Gasteiger partial charge in [0.15, 0.2) is 0 Å². The third-order valence-corrected chi connectivity index (χ3v) is 4.15. The monoisotopic (exact) mass is 367 g/mol. The van der Waals surface area contributed by atoms with Crippen molar-refractivity contribution < 1.29 is 19.1 Å². The van der Waals surface area contributed by atoms with Crippen molar-refractivity contribution in [3.05, 3.63) is 71.8 Å². The van der Waals surface area contributed by atoms with Crippen molar-refractivity contribution in [1.82, 2.24) is 4.90 Å². The summed E-state index contributed by atoms with van der Waals surface area (Å²) >= 11 is 0. The Hall–Kier alpha value is -3.08. The van der Waals surface area contributed by atoms with Crippen molar-refractivity contribution in [3.63, 3.8) is 0 Å². The summed E-state index contributed by atoms with van der Waals surface area (Å²) in [6.45, 7) is 0.850. The second-order valence-electron chi connectivity index (χ2n) is 6.00. The summed E-state index contributed by atoms with van der Waals surface area (Å²) in [7, 11) is 2.95. The molecular weight excluding hydrogens is 342 g/mol. The maximum Gasteiger partial charge on any atom is 0.307 e. The van der Waals surface area contributed by atoms with E-state index in [0.29, 0.717) is 13.1 Å². The summed E-state index contributed by atoms with van der Waals surface area (Å²) < 4.78 is 9.88. The largest absolute Gasteiger partial charge is 0.497 e. The molecule has 0 fully saturated rings. The van der Waals surface area contributed by atoms with Crippen LogP contribution in [0.5, 0.6) is 5.75 Å². The van der Waals surface area contributed by atoms with Gasteiger partial charge in [0.25, 0.3) is 0 Å². The first kappa shape index (κ1) is 20.2. The second kappa shape index (κ2) is 10.8. The molecule has 0 aliphatic rings. The lowest BCUT2D eigenvalue weighted by atomic mass is 10.1. The molecule has 2 aromatic carbocycles. The molecule has 2 rings (SSSR count). The van der Waals surface area contributed by atoms with Gasteiger partial charge in [-0.2, -0.15) is 0 Å². The predicted molar refractivity (Wildman–Crippen MR) is 105 cm³/mol. The van der Waals surface area contributed by atoms with E-state index in [1.807, 2.05) is 54.6 Å². The molecule has 0 aliphatic carbocycles. The maximum absolute atomic E-state index is 12.6. The normalized spacial score (nSPS) is 10.6. The molecule has 0 aliphatic heterocycles. The van der Waals surface area contributed by atoms with E-state index in [1.54, 1.807) is 18.1 Å². The minimum Gasteiger partial charge on any atom is -0.497 e. The molecule has 0 N–H and O–H groups in total. The smallest absolute Gasteiger partial charge is 0.307 e. The van der Waals surface area contributed by atoms with E-state index in [2.05, 4.69) is 4.74 Å². The van der Waals surface area contributed by atoms with Crippen LogP contribution in [0.25, 0.3) is 6.08 Å². The van der Waals surface area contributed by atoms with Crippen LogP contribution in [0.1, 0.15) is 17.5 Å². The molecule has 0 heterocycles. The van der Waals surface area contributed by atoms with Crippen molar-refractivity contribution in [2.45, 2.75) is 12.8 Å². The Morgan fingerprint density at radius 1 is 1.00 bits per heavy atom. The molecule has 0 spiro atoms. The molecule has 0 atom stereocenters. The molecule has 5 nitrogen and oxygen atoms in total. The molecule has 5 heteroatoms. The lowest BCUT2D eigenvalue weighted by Crippen LogP contribution is -2.33. The first-order chi connectivity index (χ1) is 13.1. The van der Waals surface area contributed by atoms with E-state index < -0.39 is 0 Å². The van der Waals surface area contributed by atoms with Crippen LogP contribution in [-0.2, 0) is 20.7 Å². The van der Waals surface area contributed by atoms with Crippen molar-refractivity contribution in [1.29, 1.82) is 0 Å². The number of carbonyl (C=O) groups is 2. The Balaban J connectivity index is 2.04. The number of amides is 1. The average molecular weight is 367 g/mol. The molecule has 0 radical (unpaired) electrons. The van der Waals surface area contributed by atoms with Crippen molar-refractivity contribution >= 4 is 18.0 Å². The number of nitrogens with zero attached hydrogens (tertiary/aromatic N) is 1. The van der Waals surface area contributed by atoms with Crippen LogP contribution in [-0.4, -0.2) is 44.1 Å². The fraction of sp³-hybridized carbons (Fsp3) is 0.273. The van der Waals surface area contributed by atoms with Crippen LogP contribution in [0.15, 0.2) is 60.7 Å². The Labute approximate surface area is 160 Å². The zero-order valence-electron chi connectivity index (χ0n) is 15.8. The van der Waals surface area contributed by atoms with Gasteiger partial charge in [-0.05, 0) is 35.8 Å². The number of hydrogen-bond donors (Lipinski definition) is 0. The molecular formula is C22H25NO4. The summed E-state index contributed by atoms with van der Waals surface area (Å²) in [6, 6.07) is 17.4. The number of carbonyl (C=O) groups excluding carboxylic acids is 2. The highest BCUT2D eigenvalue weighted by Gasteiger charge is 2.13. The van der Waals surface area contributed by atoms with Crippen LogP contribution in [0.2, 0.25) is 0 Å². The molecule has 142 valence electrons. The van der Waals surface area contributed by atoms with Crippen molar-refractivity contribution in [2.24, 2.45) is 0 Å². The first-order valence-electron chi connectivity index (χ1n) is 8.84. The van der Waals surface area contributed by atoms with Crippen LogP contribution in [0.4, 0.5) is 0 Å². The van der Waals surface area contributed by atoms with E-state index in [4.69, 9.17) is 4.74 Å². The zero-order valence-corrected chi connectivity index (χ0v) is 15.8. The third kappa shape index (κ3) is 6.98. The van der Waals surface area contributed by atoms with E-state index in [-0.39, 0.29) is 18.3 Å². The Bertz CT molecular complexity index is 771. The van der Waals surface area contributed by atoms with E-state index in [0.717, 1.165) is 23.3 Å². The van der Waals surface area contributed by atoms with Gasteiger partial charge in [0.2, 0.25) is 5.91 Å². The number of benzene rings is 2. The lowest BCUT2D eigenvalue weighted by molar-refractivity contribution is -0.141. The van der Waals surface area contributed by atoms with E-state index >= 15 is 0 Å². The standard InChI is InChI=1S/C22H25NO4/c1-26-20-10-6-9-19(17-20)11-12-21(24)23(16-14-22(25)27-2)15-13-18-7-4-3-5-8-18/h3-12,17H,13-16H2,1-2H3/b12-11+. The summed E-state index contributed by atoms with van der Waals surface area (Å²) in [5.74, 6) is 0.262. The van der Waals surface area contributed by atoms with E-state index in [1.165, 1.54) is 13.2 Å². The van der Waals surface area contributed by atoms with Crippen LogP contribution < -0.4 is 4.74 Å². The minimum absolute atomic E-state index is 0.141. The van der Waals surface area contributed by atoms with Gasteiger partial charge in [0.1, 0.15) is 5.75 Å². The number of ether oxygens (including phenoxy) is 2. The summed E-state index contributed by atoms with van der Waals surface area (Å²) in [5.41, 5.74) is 2.02. The van der Waals surface area contributed by atoms with Crippen LogP contribution in [0.3, 0.4) is 0 Å². The van der Waals surface area contributed by atoms with Crippen molar-refractivity contribution in [2.75, 3.05) is 27.3 Å². The van der Waals surface area contributed by atoms with Gasteiger partial charge >= 0.3 is 5.97 Å². The highest BCUT2D eigenvalue weighted by atomic mass is 16.5. The van der Waals surface area contributed by atoms with Gasteiger partial charge in [0, 0.05) is 19.2 Å². The summed E-state index contributed by atoms with van der Waals surface area (Å²) in [4.78, 5) is 25.8. The second-order valence-corrected chi connectivity index (χ2v) is 6.00. The molecule has 0 unspecified atom stereocenters. The number of rotatable bonds is 9. The quantitative estimate of drug-likeness (QED) is 0.504. The fourth-order valence-corrected chi connectivity index (χ4v) is 2.59. The van der Waals surface area contributed by atoms with Gasteiger partial charge < -0.3 is 14.4 Å². The highest BCUT2D eigenvalue weighted by Crippen LogP contribution is 2.14. The highest BCUT2D eigenvalue weighted by molar-refractivity contribution is 5.92. The van der Waals surface area contributed by atoms with Crippen LogP contribution in [0, 0.1) is 0 Å². The van der Waals surface area contributed by atoms with Gasteiger partial charge in [0.05, 0.1) is 20.6 Å². The molecule has 0 saturated carbocycles. The molecule has 0 saturated heterocycles. The van der Waals surface area contributed by atoms with Gasteiger partial charge in [-0.3, -0.25) is 9.59 Å². The van der Waals surface area contributed by atoms with Gasteiger partial charge in [-0.15, -0.1) is 0 Å². The van der Waals surface area contributed by atoms with Gasteiger partial charge in [-0.1, -0.05) is 42.5 Å². The Kier molecular flexibility index (Phi) is 8.10. The lowest BCUT2D eigenvalue weighted by Gasteiger charge is -2.21. The minimum atomic E-state index is -0.329. The Morgan fingerprint density at radius 3 is 2.48 bits per heavy atom. The third-order valence-electron chi connectivity index (χ3n) is 4.15. The topological polar surface area (TPSA) is 55.8 Å². The molecule has 1 amide bonds. The summed E-state index contributed by atoms with van der Waals surface area (Å²) in [5, 5.41) is 0. The maximum atomic E-state index is 12.6. The van der Waals surface area contributed by atoms with Gasteiger partial charge in [-0.25, -0.2) is 0 Å². The fourth-order valence-electron chi connectivity index (χ4n) is 2.59. The first-order valence-corrected chi connectivity index (χ1v) is 8.84. The van der Waals surface area contributed by atoms with Crippen molar-refractivity contribution in [3.8, 4) is 5.75 Å². The SMILES string of the molecule is COC(=O)CCN(CCc1ccccc1)C(=O)/C=C/c1cccc(OC)c1. The molecule has 0 bridgehead atoms. The number of hydrogen-bond acceptors (Lipinski definition) is 4. The zero-order chi connectivity index (χ0) is 19.5. The van der Waals surface area contributed by atoms with Crippen LogP contribution >= 0.6 is 0 Å². The Morgan fingerprint density at radius 2 is 1.78 bits per heavy atom.